The van der Waals surface area contributed by atoms with E-state index in [-0.39, 0.29) is 24.0 Å². The number of halogens is 1. The molecule has 1 atom stereocenters. The first-order valence-corrected chi connectivity index (χ1v) is 8.11. The second kappa shape index (κ2) is 9.43. The number of morpholine rings is 1. The zero-order valence-electron chi connectivity index (χ0n) is 13.7. The van der Waals surface area contributed by atoms with Gasteiger partial charge in [-0.2, -0.15) is 5.10 Å². The molecule has 7 nitrogen and oxygen atoms in total. The fraction of sp³-hybridized carbons (Fsp3) is 0.733. The van der Waals surface area contributed by atoms with Crippen LogP contribution in [0.15, 0.2) is 23.5 Å². The van der Waals surface area contributed by atoms with Gasteiger partial charge in [-0.15, -0.1) is 24.0 Å². The third kappa shape index (κ3) is 5.05. The summed E-state index contributed by atoms with van der Waals surface area (Å²) in [5.74, 6) is 1.00. The molecule has 0 spiro atoms. The van der Waals surface area contributed by atoms with Gasteiger partial charge in [0.2, 0.25) is 0 Å². The number of guanidine groups is 1. The van der Waals surface area contributed by atoms with Crippen molar-refractivity contribution in [3.05, 3.63) is 18.5 Å². The van der Waals surface area contributed by atoms with Gasteiger partial charge in [0.15, 0.2) is 5.96 Å². The van der Waals surface area contributed by atoms with E-state index < -0.39 is 0 Å². The number of aromatic nitrogens is 2. The highest BCUT2D eigenvalue weighted by Gasteiger charge is 2.30. The molecule has 0 aliphatic carbocycles. The summed E-state index contributed by atoms with van der Waals surface area (Å²) < 4.78 is 7.37. The fourth-order valence-electron chi connectivity index (χ4n) is 3.22. The lowest BCUT2D eigenvalue weighted by Crippen LogP contribution is -2.47. The maximum atomic E-state index is 5.44. The van der Waals surface area contributed by atoms with Crippen molar-refractivity contribution in [1.29, 1.82) is 0 Å². The Morgan fingerprint density at radius 3 is 2.87 bits per heavy atom. The Morgan fingerprint density at radius 1 is 1.35 bits per heavy atom. The largest absolute Gasteiger partial charge is 0.379 e. The van der Waals surface area contributed by atoms with Gasteiger partial charge in [-0.05, 0) is 12.5 Å². The molecule has 2 aliphatic heterocycles. The molecule has 2 fully saturated rings. The quantitative estimate of drug-likeness (QED) is 0.425. The zero-order valence-corrected chi connectivity index (χ0v) is 16.1. The predicted octanol–water partition coefficient (Wildman–Crippen LogP) is 0.483. The summed E-state index contributed by atoms with van der Waals surface area (Å²) in [6.07, 6.45) is 5.00. The summed E-state index contributed by atoms with van der Waals surface area (Å²) in [7, 11) is 1.86. The lowest BCUT2D eigenvalue weighted by molar-refractivity contribution is 0.0195. The average molecular weight is 434 g/mol. The number of aliphatic imine (C=N–C) groups is 1. The molecule has 23 heavy (non-hydrogen) atoms. The van der Waals surface area contributed by atoms with E-state index in [4.69, 9.17) is 4.74 Å². The highest BCUT2D eigenvalue weighted by molar-refractivity contribution is 14.0. The Labute approximate surface area is 155 Å². The van der Waals surface area contributed by atoms with Crippen molar-refractivity contribution in [2.24, 2.45) is 4.99 Å². The van der Waals surface area contributed by atoms with E-state index >= 15 is 0 Å². The van der Waals surface area contributed by atoms with Gasteiger partial charge in [0, 0.05) is 58.2 Å². The van der Waals surface area contributed by atoms with Crippen molar-refractivity contribution in [3.63, 3.8) is 0 Å². The molecule has 3 heterocycles. The van der Waals surface area contributed by atoms with Crippen LogP contribution in [0.5, 0.6) is 0 Å². The molecule has 0 saturated carbocycles. The SMILES string of the molecule is CN=C(NCCn1cccn1)N1CCC(N2CCOCC2)C1.I. The second-order valence-corrected chi connectivity index (χ2v) is 5.78. The van der Waals surface area contributed by atoms with E-state index in [1.165, 1.54) is 6.42 Å². The summed E-state index contributed by atoms with van der Waals surface area (Å²) in [5, 5.41) is 7.66. The topological polar surface area (TPSA) is 57.9 Å². The summed E-state index contributed by atoms with van der Waals surface area (Å²) in [6.45, 7) is 7.68. The summed E-state index contributed by atoms with van der Waals surface area (Å²) >= 11 is 0. The van der Waals surface area contributed by atoms with Gasteiger partial charge < -0.3 is 15.0 Å². The molecule has 0 amide bonds. The Hall–Kier alpha value is -0.870. The van der Waals surface area contributed by atoms with Gasteiger partial charge in [-0.3, -0.25) is 14.6 Å². The summed E-state index contributed by atoms with van der Waals surface area (Å²) in [5.41, 5.74) is 0. The molecular formula is C15H27IN6O. The van der Waals surface area contributed by atoms with Crippen molar-refractivity contribution in [2.75, 3.05) is 53.0 Å². The third-order valence-corrected chi connectivity index (χ3v) is 4.42. The summed E-state index contributed by atoms with van der Waals surface area (Å²) in [4.78, 5) is 9.35. The Bertz CT molecular complexity index is 474. The number of hydrogen-bond donors (Lipinski definition) is 1. The minimum Gasteiger partial charge on any atom is -0.379 e. The molecule has 0 radical (unpaired) electrons. The molecule has 3 rings (SSSR count). The van der Waals surface area contributed by atoms with E-state index in [9.17, 15) is 0 Å². The van der Waals surface area contributed by atoms with Gasteiger partial charge in [0.1, 0.15) is 0 Å². The van der Waals surface area contributed by atoms with E-state index in [0.717, 1.165) is 58.4 Å². The molecule has 1 aromatic rings. The maximum Gasteiger partial charge on any atom is 0.193 e. The van der Waals surface area contributed by atoms with Gasteiger partial charge in [-0.25, -0.2) is 0 Å². The van der Waals surface area contributed by atoms with Crippen LogP contribution in [0.25, 0.3) is 0 Å². The zero-order chi connectivity index (χ0) is 15.2. The molecule has 0 bridgehead atoms. The molecule has 0 aromatic carbocycles. The van der Waals surface area contributed by atoms with Crippen molar-refractivity contribution < 1.29 is 4.74 Å². The number of likely N-dealkylation sites (tertiary alicyclic amines) is 1. The van der Waals surface area contributed by atoms with Crippen molar-refractivity contribution in [2.45, 2.75) is 19.0 Å². The van der Waals surface area contributed by atoms with E-state index in [0.29, 0.717) is 6.04 Å². The smallest absolute Gasteiger partial charge is 0.193 e. The Morgan fingerprint density at radius 2 is 2.17 bits per heavy atom. The number of ether oxygens (including phenoxy) is 1. The number of hydrogen-bond acceptors (Lipinski definition) is 4. The molecule has 130 valence electrons. The first kappa shape index (κ1) is 18.5. The van der Waals surface area contributed by atoms with Crippen LogP contribution in [-0.2, 0) is 11.3 Å². The van der Waals surface area contributed by atoms with Crippen LogP contribution >= 0.6 is 24.0 Å². The van der Waals surface area contributed by atoms with E-state index in [1.54, 1.807) is 0 Å². The number of nitrogens with zero attached hydrogens (tertiary/aromatic N) is 5. The standard InChI is InChI=1S/C15H26N6O.HI/c1-16-15(17-5-8-21-6-2-4-18-21)20-7-3-14(13-20)19-9-11-22-12-10-19;/h2,4,6,14H,3,5,7-13H2,1H3,(H,16,17);1H. The van der Waals surface area contributed by atoms with E-state index in [1.807, 2.05) is 30.2 Å². The van der Waals surface area contributed by atoms with Crippen molar-refractivity contribution in [3.8, 4) is 0 Å². The van der Waals surface area contributed by atoms with Crippen LogP contribution in [0.3, 0.4) is 0 Å². The highest BCUT2D eigenvalue weighted by Crippen LogP contribution is 2.16. The van der Waals surface area contributed by atoms with Crippen LogP contribution < -0.4 is 5.32 Å². The Balaban J connectivity index is 0.00000192. The fourth-order valence-corrected chi connectivity index (χ4v) is 3.22. The second-order valence-electron chi connectivity index (χ2n) is 5.78. The van der Waals surface area contributed by atoms with Gasteiger partial charge in [-0.1, -0.05) is 0 Å². The maximum absolute atomic E-state index is 5.44. The monoisotopic (exact) mass is 434 g/mol. The van der Waals surface area contributed by atoms with Crippen molar-refractivity contribution in [1.82, 2.24) is 24.9 Å². The molecule has 2 aliphatic rings. The van der Waals surface area contributed by atoms with Crippen LogP contribution in [0, 0.1) is 0 Å². The lowest BCUT2D eigenvalue weighted by Gasteiger charge is -2.32. The first-order chi connectivity index (χ1) is 10.9. The summed E-state index contributed by atoms with van der Waals surface area (Å²) in [6, 6.07) is 2.58. The third-order valence-electron chi connectivity index (χ3n) is 4.42. The molecule has 2 saturated heterocycles. The molecule has 1 N–H and O–H groups in total. The molecule has 8 heteroatoms. The van der Waals surface area contributed by atoms with Crippen LogP contribution in [-0.4, -0.2) is 84.6 Å². The molecular weight excluding hydrogens is 407 g/mol. The number of rotatable bonds is 4. The Kier molecular flexibility index (Phi) is 7.57. The highest BCUT2D eigenvalue weighted by atomic mass is 127. The normalized spacial score (nSPS) is 22.9. The first-order valence-electron chi connectivity index (χ1n) is 8.11. The average Bonchev–Trinajstić information content (AvgIpc) is 3.24. The van der Waals surface area contributed by atoms with Gasteiger partial charge in [0.05, 0.1) is 19.8 Å². The lowest BCUT2D eigenvalue weighted by atomic mass is 10.2. The molecule has 1 aromatic heterocycles. The van der Waals surface area contributed by atoms with Crippen LogP contribution in [0.4, 0.5) is 0 Å². The van der Waals surface area contributed by atoms with Crippen LogP contribution in [0.1, 0.15) is 6.42 Å². The van der Waals surface area contributed by atoms with Gasteiger partial charge >= 0.3 is 0 Å². The molecule has 1 unspecified atom stereocenters. The van der Waals surface area contributed by atoms with Crippen LogP contribution in [0.2, 0.25) is 0 Å². The predicted molar refractivity (Wildman–Crippen MR) is 101 cm³/mol. The minimum atomic E-state index is 0. The number of nitrogens with one attached hydrogen (secondary N) is 1. The van der Waals surface area contributed by atoms with Gasteiger partial charge in [0.25, 0.3) is 0 Å². The minimum absolute atomic E-state index is 0. The van der Waals surface area contributed by atoms with E-state index in [2.05, 4.69) is 25.2 Å². The van der Waals surface area contributed by atoms with Crippen molar-refractivity contribution >= 4 is 29.9 Å².